The summed E-state index contributed by atoms with van der Waals surface area (Å²) in [6, 6.07) is 0. The highest BCUT2D eigenvalue weighted by atomic mass is 16.7. The first kappa shape index (κ1) is 41.2. The molecule has 14 heteroatoms. The van der Waals surface area contributed by atoms with Crippen molar-refractivity contribution in [2.45, 2.75) is 197 Å². The lowest BCUT2D eigenvalue weighted by Gasteiger charge is -2.65. The predicted molar refractivity (Wildman–Crippen MR) is 194 cm³/mol. The van der Waals surface area contributed by atoms with Gasteiger partial charge >= 0.3 is 0 Å². The van der Waals surface area contributed by atoms with Crippen molar-refractivity contribution in [3.05, 3.63) is 0 Å². The van der Waals surface area contributed by atoms with Gasteiger partial charge in [-0.3, -0.25) is 0 Å². The van der Waals surface area contributed by atoms with Crippen molar-refractivity contribution in [2.24, 2.45) is 44.8 Å². The largest absolute Gasteiger partial charge is 0.394 e. The molecule has 8 fully saturated rings. The summed E-state index contributed by atoms with van der Waals surface area (Å²) in [7, 11) is 0. The van der Waals surface area contributed by atoms with E-state index in [1.54, 1.807) is 13.8 Å². The first-order valence-electron chi connectivity index (χ1n) is 20.9. The molecule has 2 spiro atoms. The minimum Gasteiger partial charge on any atom is -0.394 e. The van der Waals surface area contributed by atoms with Gasteiger partial charge in [-0.25, -0.2) is 0 Å². The molecule has 0 aromatic rings. The normalized spacial score (nSPS) is 58.7. The van der Waals surface area contributed by atoms with Crippen molar-refractivity contribution in [1.82, 2.24) is 0 Å². The molecule has 55 heavy (non-hydrogen) atoms. The van der Waals surface area contributed by atoms with E-state index in [2.05, 4.69) is 34.6 Å². The lowest BCUT2D eigenvalue weighted by atomic mass is 9.41. The Hall–Kier alpha value is -0.560. The second-order valence-corrected chi connectivity index (χ2v) is 21.1. The van der Waals surface area contributed by atoms with Crippen LogP contribution < -0.4 is 0 Å². The minimum absolute atomic E-state index is 0.0633. The molecule has 5 aliphatic carbocycles. The molecule has 0 unspecified atom stereocenters. The number of hydrogen-bond donors (Lipinski definition) is 9. The predicted octanol–water partition coefficient (Wildman–Crippen LogP) is 0.724. The van der Waals surface area contributed by atoms with E-state index >= 15 is 0 Å². The lowest BCUT2D eigenvalue weighted by molar-refractivity contribution is -0.339. The van der Waals surface area contributed by atoms with E-state index in [1.165, 1.54) is 0 Å². The maximum Gasteiger partial charge on any atom is 0.186 e. The van der Waals surface area contributed by atoms with Crippen LogP contribution in [0.1, 0.15) is 106 Å². The van der Waals surface area contributed by atoms with E-state index < -0.39 is 96.8 Å². The third-order valence-electron chi connectivity index (χ3n) is 17.6. The van der Waals surface area contributed by atoms with Gasteiger partial charge in [0.15, 0.2) is 12.6 Å². The summed E-state index contributed by atoms with van der Waals surface area (Å²) in [6.45, 7) is 13.8. The second-order valence-electron chi connectivity index (χ2n) is 21.1. The van der Waals surface area contributed by atoms with Gasteiger partial charge in [0.05, 0.1) is 48.8 Å². The maximum atomic E-state index is 12.2. The number of aliphatic hydroxyl groups excluding tert-OH is 8. The van der Waals surface area contributed by atoms with E-state index in [9.17, 15) is 46.0 Å². The van der Waals surface area contributed by atoms with E-state index in [4.69, 9.17) is 23.7 Å². The van der Waals surface area contributed by atoms with Gasteiger partial charge in [-0.05, 0) is 117 Å². The van der Waals surface area contributed by atoms with Crippen LogP contribution in [0.25, 0.3) is 0 Å². The first-order chi connectivity index (χ1) is 25.5. The third-order valence-corrected chi connectivity index (χ3v) is 17.6. The summed E-state index contributed by atoms with van der Waals surface area (Å²) < 4.78 is 31.9. The Morgan fingerprint density at radius 3 is 2.05 bits per heavy atom. The fraction of sp³-hybridized carbons (Fsp3) is 1.00. The van der Waals surface area contributed by atoms with Crippen molar-refractivity contribution in [1.29, 1.82) is 0 Å². The second kappa shape index (κ2) is 13.2. The van der Waals surface area contributed by atoms with Gasteiger partial charge in [0.2, 0.25) is 0 Å². The molecule has 0 amide bonds. The Morgan fingerprint density at radius 2 is 1.40 bits per heavy atom. The molecule has 8 rings (SSSR count). The molecular weight excluding hydrogens is 716 g/mol. The standard InChI is InChI=1S/C41H68O14/c1-35(2)24(54-33-29(48)26(45)20(44)17-51-33)9-11-41-18-40(41)13-12-37(5)31(39(7)10-8-25(55-39)36(3,4)50)19(43)15-38(37,6)23(40)14-21(32(35)41)52-34-30(49)28(47)27(46)22(16-42)53-34/h19-34,42-50H,8-18H2,1-7H3/t19-,20-,21-,22-,23+,24-,25+,26+,27-,28+,29-,30-,31+,32+,33+,34-,37-,38+,39-,40+,41-/m1/s1. The SMILES string of the molecule is CC(C)(O)[C@@H]1CC[C@](C)([C@H]2[C@H](O)C[C@@]3(C)[C@@H]4C[C@@H](O[C@@H]5O[C@H](CO)[C@@H](O)[C@H](O)[C@H]5O)[C@H]5C(C)(C)[C@H](O[C@@H]6OC[C@@H](O)[C@H](O)[C@H]6O)CC[C@@]56C[C@@]46CC[C@]23C)O1. The molecule has 316 valence electrons. The van der Waals surface area contributed by atoms with Crippen LogP contribution in [0.4, 0.5) is 0 Å². The number of rotatable bonds is 7. The van der Waals surface area contributed by atoms with Crippen molar-refractivity contribution in [3.8, 4) is 0 Å². The summed E-state index contributed by atoms with van der Waals surface area (Å²) >= 11 is 0. The molecule has 8 aliphatic rings. The van der Waals surface area contributed by atoms with Crippen molar-refractivity contribution < 1.29 is 69.6 Å². The quantitative estimate of drug-likeness (QED) is 0.162. The zero-order chi connectivity index (χ0) is 40.1. The van der Waals surface area contributed by atoms with Gasteiger partial charge < -0.3 is 69.6 Å². The molecule has 9 N–H and O–H groups in total. The number of hydrogen-bond acceptors (Lipinski definition) is 14. The molecule has 3 heterocycles. The number of fused-ring (bicyclic) bond motifs is 2. The van der Waals surface area contributed by atoms with Crippen LogP contribution in [0, 0.1) is 44.8 Å². The number of ether oxygens (including phenoxy) is 5. The van der Waals surface area contributed by atoms with Gasteiger partial charge in [0, 0.05) is 5.92 Å². The smallest absolute Gasteiger partial charge is 0.186 e. The summed E-state index contributed by atoms with van der Waals surface area (Å²) in [4.78, 5) is 0. The summed E-state index contributed by atoms with van der Waals surface area (Å²) in [5.41, 5.74) is -3.16. The molecule has 3 aliphatic heterocycles. The molecule has 0 aromatic carbocycles. The fourth-order valence-corrected chi connectivity index (χ4v) is 14.9. The van der Waals surface area contributed by atoms with Crippen LogP contribution in [-0.4, -0.2) is 150 Å². The number of aliphatic hydroxyl groups is 9. The Balaban J connectivity index is 1.15. The first-order valence-corrected chi connectivity index (χ1v) is 20.9. The highest BCUT2D eigenvalue weighted by molar-refractivity contribution is 5.33. The van der Waals surface area contributed by atoms with Gasteiger partial charge in [-0.2, -0.15) is 0 Å². The average molecular weight is 785 g/mol. The molecule has 14 nitrogen and oxygen atoms in total. The van der Waals surface area contributed by atoms with Crippen molar-refractivity contribution >= 4 is 0 Å². The van der Waals surface area contributed by atoms with Crippen LogP contribution in [0.5, 0.6) is 0 Å². The zero-order valence-electron chi connectivity index (χ0n) is 33.6. The molecule has 5 saturated carbocycles. The summed E-state index contributed by atoms with van der Waals surface area (Å²) in [5, 5.41) is 97.2. The molecule has 21 atom stereocenters. The Morgan fingerprint density at radius 1 is 0.709 bits per heavy atom. The van der Waals surface area contributed by atoms with Gasteiger partial charge in [-0.15, -0.1) is 0 Å². The lowest BCUT2D eigenvalue weighted by Crippen LogP contribution is -2.65. The fourth-order valence-electron chi connectivity index (χ4n) is 14.9. The Kier molecular flexibility index (Phi) is 9.90. The molecule has 0 radical (unpaired) electrons. The van der Waals surface area contributed by atoms with Crippen LogP contribution >= 0.6 is 0 Å². The zero-order valence-corrected chi connectivity index (χ0v) is 33.6. The van der Waals surface area contributed by atoms with E-state index in [-0.39, 0.29) is 52.1 Å². The summed E-state index contributed by atoms with van der Waals surface area (Å²) in [5.74, 6) is -0.215. The minimum atomic E-state index is -1.60. The van der Waals surface area contributed by atoms with Crippen molar-refractivity contribution in [3.63, 3.8) is 0 Å². The van der Waals surface area contributed by atoms with Gasteiger partial charge in [0.25, 0.3) is 0 Å². The van der Waals surface area contributed by atoms with Crippen LogP contribution in [0.2, 0.25) is 0 Å². The monoisotopic (exact) mass is 784 g/mol. The van der Waals surface area contributed by atoms with Crippen LogP contribution in [0.3, 0.4) is 0 Å². The summed E-state index contributed by atoms with van der Waals surface area (Å²) in [6.07, 6.45) is -7.48. The molecular formula is C41H68O14. The Labute approximate surface area is 324 Å². The molecule has 0 bridgehead atoms. The molecule has 3 saturated heterocycles. The highest BCUT2D eigenvalue weighted by Gasteiger charge is 2.85. The van der Waals surface area contributed by atoms with Crippen LogP contribution in [-0.2, 0) is 23.7 Å². The molecule has 0 aromatic heterocycles. The average Bonchev–Trinajstić information content (AvgIpc) is 3.47. The maximum absolute atomic E-state index is 12.2. The topological polar surface area (TPSA) is 228 Å². The van der Waals surface area contributed by atoms with E-state index in [1.807, 2.05) is 0 Å². The van der Waals surface area contributed by atoms with Gasteiger partial charge in [-0.1, -0.05) is 27.7 Å². The van der Waals surface area contributed by atoms with E-state index in [0.29, 0.717) is 25.7 Å². The third kappa shape index (κ3) is 5.70. The van der Waals surface area contributed by atoms with Crippen LogP contribution in [0.15, 0.2) is 0 Å². The van der Waals surface area contributed by atoms with E-state index in [0.717, 1.165) is 32.1 Å². The Bertz CT molecular complexity index is 1460. The van der Waals surface area contributed by atoms with Gasteiger partial charge in [0.1, 0.15) is 42.7 Å². The highest BCUT2D eigenvalue weighted by Crippen LogP contribution is 2.89. The van der Waals surface area contributed by atoms with Crippen molar-refractivity contribution in [2.75, 3.05) is 13.2 Å².